The molecule has 5 nitrogen and oxygen atoms in total. The van der Waals surface area contributed by atoms with Crippen molar-refractivity contribution in [2.24, 2.45) is 0 Å². The molecule has 98 valence electrons. The summed E-state index contributed by atoms with van der Waals surface area (Å²) in [6.45, 7) is 6.13. The molecule has 1 fully saturated rings. The Morgan fingerprint density at radius 2 is 2.18 bits per heavy atom. The van der Waals surface area contributed by atoms with Crippen LogP contribution in [0.15, 0.2) is 0 Å². The van der Waals surface area contributed by atoms with Gasteiger partial charge in [0.05, 0.1) is 6.04 Å². The van der Waals surface area contributed by atoms with Gasteiger partial charge in [0, 0.05) is 24.6 Å². The number of hydrogen-bond acceptors (Lipinski definition) is 4. The largest absolute Gasteiger partial charge is 0.480 e. The van der Waals surface area contributed by atoms with Gasteiger partial charge in [-0.3, -0.25) is 4.79 Å². The van der Waals surface area contributed by atoms with Gasteiger partial charge < -0.3 is 15.3 Å². The second-order valence-electron chi connectivity index (χ2n) is 4.53. The first kappa shape index (κ1) is 14.3. The lowest BCUT2D eigenvalue weighted by molar-refractivity contribution is -0.157. The smallest absolute Gasteiger partial charge is 0.329 e. The zero-order chi connectivity index (χ0) is 13.1. The molecule has 0 aromatic carbocycles. The lowest BCUT2D eigenvalue weighted by Crippen LogP contribution is -2.59. The number of thioether (sulfide) groups is 1. The van der Waals surface area contributed by atoms with Crippen molar-refractivity contribution in [2.45, 2.75) is 32.4 Å². The van der Waals surface area contributed by atoms with Crippen molar-refractivity contribution in [1.82, 2.24) is 10.2 Å². The third kappa shape index (κ3) is 3.13. The van der Waals surface area contributed by atoms with Gasteiger partial charge in [0.25, 0.3) is 0 Å². The second-order valence-corrected chi connectivity index (χ2v) is 5.68. The molecule has 1 unspecified atom stereocenters. The number of hydrogen-bond donors (Lipinski definition) is 2. The van der Waals surface area contributed by atoms with Crippen molar-refractivity contribution in [3.63, 3.8) is 0 Å². The van der Waals surface area contributed by atoms with Crippen LogP contribution in [0.4, 0.5) is 0 Å². The summed E-state index contributed by atoms with van der Waals surface area (Å²) < 4.78 is 0. The number of amides is 1. The predicted molar refractivity (Wildman–Crippen MR) is 68.2 cm³/mol. The molecular formula is C11H20N2O3S. The Balaban J connectivity index is 2.79. The highest BCUT2D eigenvalue weighted by atomic mass is 32.2. The number of carbonyl (C=O) groups is 2. The number of carboxylic acids is 1. The molecule has 1 amide bonds. The predicted octanol–water partition coefficient (Wildman–Crippen LogP) is 0.403. The monoisotopic (exact) mass is 260 g/mol. The van der Waals surface area contributed by atoms with Crippen LogP contribution in [0.25, 0.3) is 0 Å². The van der Waals surface area contributed by atoms with Crippen LogP contribution in [0.5, 0.6) is 0 Å². The van der Waals surface area contributed by atoms with E-state index >= 15 is 0 Å². The molecule has 1 rings (SSSR count). The number of carboxylic acid groups (broad SMARTS) is 1. The van der Waals surface area contributed by atoms with Crippen molar-refractivity contribution < 1.29 is 14.7 Å². The standard InChI is InChI=1S/C11H20N2O3S/c1-4-13(11(2,3)10(15)16)9(14)8-7-17-6-5-12-8/h8,12H,4-7H2,1-3H3,(H,15,16). The fourth-order valence-electron chi connectivity index (χ4n) is 1.85. The van der Waals surface area contributed by atoms with E-state index in [1.807, 2.05) is 0 Å². The zero-order valence-corrected chi connectivity index (χ0v) is 11.3. The molecule has 1 atom stereocenters. The maximum absolute atomic E-state index is 12.3. The van der Waals surface area contributed by atoms with Gasteiger partial charge in [0.1, 0.15) is 5.54 Å². The number of carbonyl (C=O) groups excluding carboxylic acids is 1. The van der Waals surface area contributed by atoms with Crippen molar-refractivity contribution in [3.05, 3.63) is 0 Å². The molecule has 0 radical (unpaired) electrons. The Bertz CT molecular complexity index is 301. The Morgan fingerprint density at radius 3 is 2.59 bits per heavy atom. The molecule has 6 heteroatoms. The fraction of sp³-hybridized carbons (Fsp3) is 0.818. The van der Waals surface area contributed by atoms with Crippen LogP contribution in [-0.4, -0.2) is 58.1 Å². The summed E-state index contributed by atoms with van der Waals surface area (Å²) in [7, 11) is 0. The molecule has 1 aliphatic rings. The normalized spacial score (nSPS) is 21.0. The lowest BCUT2D eigenvalue weighted by atomic mass is 10.0. The van der Waals surface area contributed by atoms with Crippen LogP contribution < -0.4 is 5.32 Å². The highest BCUT2D eigenvalue weighted by Gasteiger charge is 2.39. The minimum Gasteiger partial charge on any atom is -0.480 e. The molecule has 0 spiro atoms. The highest BCUT2D eigenvalue weighted by molar-refractivity contribution is 7.99. The van der Waals surface area contributed by atoms with Gasteiger partial charge in [-0.1, -0.05) is 0 Å². The van der Waals surface area contributed by atoms with Gasteiger partial charge >= 0.3 is 5.97 Å². The van der Waals surface area contributed by atoms with E-state index in [0.29, 0.717) is 12.3 Å². The van der Waals surface area contributed by atoms with Crippen molar-refractivity contribution in [2.75, 3.05) is 24.6 Å². The van der Waals surface area contributed by atoms with Gasteiger partial charge in [-0.15, -0.1) is 0 Å². The van der Waals surface area contributed by atoms with E-state index in [9.17, 15) is 14.7 Å². The van der Waals surface area contributed by atoms with E-state index in [4.69, 9.17) is 0 Å². The van der Waals surface area contributed by atoms with E-state index in [1.54, 1.807) is 32.5 Å². The molecule has 0 bridgehead atoms. The van der Waals surface area contributed by atoms with Crippen LogP contribution in [0.2, 0.25) is 0 Å². The maximum Gasteiger partial charge on any atom is 0.329 e. The maximum atomic E-state index is 12.3. The molecule has 0 aliphatic carbocycles. The van der Waals surface area contributed by atoms with E-state index in [2.05, 4.69) is 5.32 Å². The minimum absolute atomic E-state index is 0.118. The molecule has 17 heavy (non-hydrogen) atoms. The van der Waals surface area contributed by atoms with Gasteiger partial charge in [-0.25, -0.2) is 4.79 Å². The fourth-order valence-corrected chi connectivity index (χ4v) is 2.78. The summed E-state index contributed by atoms with van der Waals surface area (Å²) >= 11 is 1.72. The first-order valence-corrected chi connectivity index (χ1v) is 6.92. The van der Waals surface area contributed by atoms with Crippen molar-refractivity contribution in [3.8, 4) is 0 Å². The first-order valence-electron chi connectivity index (χ1n) is 5.77. The van der Waals surface area contributed by atoms with Crippen LogP contribution in [0.3, 0.4) is 0 Å². The average molecular weight is 260 g/mol. The van der Waals surface area contributed by atoms with E-state index in [0.717, 1.165) is 12.3 Å². The Morgan fingerprint density at radius 1 is 1.53 bits per heavy atom. The van der Waals surface area contributed by atoms with E-state index < -0.39 is 11.5 Å². The van der Waals surface area contributed by atoms with Crippen LogP contribution in [0.1, 0.15) is 20.8 Å². The Labute approximate surface area is 106 Å². The summed E-state index contributed by atoms with van der Waals surface area (Å²) in [5.41, 5.74) is -1.16. The molecule has 1 heterocycles. The van der Waals surface area contributed by atoms with Crippen LogP contribution >= 0.6 is 11.8 Å². The van der Waals surface area contributed by atoms with E-state index in [1.165, 1.54) is 4.90 Å². The third-order valence-electron chi connectivity index (χ3n) is 3.00. The summed E-state index contributed by atoms with van der Waals surface area (Å²) in [5.74, 6) is 0.617. The van der Waals surface area contributed by atoms with Crippen molar-refractivity contribution in [1.29, 1.82) is 0 Å². The summed E-state index contributed by atoms with van der Waals surface area (Å²) in [4.78, 5) is 24.9. The average Bonchev–Trinajstić information content (AvgIpc) is 2.30. The van der Waals surface area contributed by atoms with Gasteiger partial charge in [-0.2, -0.15) is 11.8 Å². The number of likely N-dealkylation sites (N-methyl/N-ethyl adjacent to an activating group) is 1. The molecule has 0 saturated carbocycles. The third-order valence-corrected chi connectivity index (χ3v) is 4.06. The van der Waals surface area contributed by atoms with Gasteiger partial charge in [0.2, 0.25) is 5.91 Å². The zero-order valence-electron chi connectivity index (χ0n) is 10.5. The van der Waals surface area contributed by atoms with Gasteiger partial charge in [0.15, 0.2) is 0 Å². The van der Waals surface area contributed by atoms with Crippen molar-refractivity contribution >= 4 is 23.6 Å². The first-order chi connectivity index (χ1) is 7.91. The quantitative estimate of drug-likeness (QED) is 0.766. The SMILES string of the molecule is CCN(C(=O)C1CSCCN1)C(C)(C)C(=O)O. The second kappa shape index (κ2) is 5.73. The number of nitrogens with zero attached hydrogens (tertiary/aromatic N) is 1. The minimum atomic E-state index is -1.16. The Hall–Kier alpha value is -0.750. The van der Waals surface area contributed by atoms with Crippen LogP contribution in [-0.2, 0) is 9.59 Å². The molecule has 1 aliphatic heterocycles. The molecular weight excluding hydrogens is 240 g/mol. The highest BCUT2D eigenvalue weighted by Crippen LogP contribution is 2.18. The lowest BCUT2D eigenvalue weighted by Gasteiger charge is -2.37. The Kier molecular flexibility index (Phi) is 4.82. The summed E-state index contributed by atoms with van der Waals surface area (Å²) in [5, 5.41) is 12.3. The number of aliphatic carboxylic acids is 1. The summed E-state index contributed by atoms with van der Waals surface area (Å²) in [6, 6.07) is -0.257. The summed E-state index contributed by atoms with van der Waals surface area (Å²) in [6.07, 6.45) is 0. The molecule has 0 aromatic heterocycles. The molecule has 2 N–H and O–H groups in total. The number of rotatable bonds is 4. The molecule has 0 aromatic rings. The van der Waals surface area contributed by atoms with Crippen LogP contribution in [0, 0.1) is 0 Å². The van der Waals surface area contributed by atoms with Gasteiger partial charge in [-0.05, 0) is 20.8 Å². The topological polar surface area (TPSA) is 69.6 Å². The molecule has 1 saturated heterocycles. The van der Waals surface area contributed by atoms with E-state index in [-0.39, 0.29) is 11.9 Å². The number of nitrogens with one attached hydrogen (secondary N) is 1.